The molecule has 0 unspecified atom stereocenters. The molecule has 0 saturated heterocycles. The SMILES string of the molecule is CCOc1ccc2c(c1)s/c(=N\S(=O)(=O)c1ccc(Cl)cc1)n2CCOC. The Bertz CT molecular complexity index is 1100. The summed E-state index contributed by atoms with van der Waals surface area (Å²) in [5, 5.41) is 0.467. The van der Waals surface area contributed by atoms with Crippen molar-refractivity contribution in [1.82, 2.24) is 4.57 Å². The van der Waals surface area contributed by atoms with Gasteiger partial charge in [-0.2, -0.15) is 8.42 Å². The molecule has 0 fully saturated rings. The van der Waals surface area contributed by atoms with Crippen LogP contribution in [-0.4, -0.2) is 33.3 Å². The van der Waals surface area contributed by atoms with Crippen molar-refractivity contribution in [3.05, 3.63) is 52.3 Å². The summed E-state index contributed by atoms with van der Waals surface area (Å²) >= 11 is 7.14. The topological polar surface area (TPSA) is 69.9 Å². The highest BCUT2D eigenvalue weighted by Gasteiger charge is 2.15. The van der Waals surface area contributed by atoms with Crippen LogP contribution in [0.25, 0.3) is 10.2 Å². The molecule has 2 aromatic carbocycles. The summed E-state index contributed by atoms with van der Waals surface area (Å²) in [5.41, 5.74) is 0.880. The Morgan fingerprint density at radius 3 is 2.59 bits per heavy atom. The van der Waals surface area contributed by atoms with Gasteiger partial charge < -0.3 is 14.0 Å². The van der Waals surface area contributed by atoms with Gasteiger partial charge in [0.05, 0.1) is 28.3 Å². The number of ether oxygens (including phenoxy) is 2. The zero-order valence-electron chi connectivity index (χ0n) is 14.9. The van der Waals surface area contributed by atoms with Gasteiger partial charge in [0.15, 0.2) is 0 Å². The van der Waals surface area contributed by atoms with Gasteiger partial charge in [-0.3, -0.25) is 0 Å². The van der Waals surface area contributed by atoms with E-state index in [1.807, 2.05) is 29.7 Å². The van der Waals surface area contributed by atoms with Gasteiger partial charge in [0, 0.05) is 18.7 Å². The van der Waals surface area contributed by atoms with Crippen molar-refractivity contribution in [2.24, 2.45) is 4.40 Å². The normalized spacial score (nSPS) is 12.6. The summed E-state index contributed by atoms with van der Waals surface area (Å²) in [5.74, 6) is 0.734. The molecule has 0 amide bonds. The number of thiazole rings is 1. The number of hydrogen-bond donors (Lipinski definition) is 0. The number of aromatic nitrogens is 1. The zero-order chi connectivity index (χ0) is 19.4. The minimum absolute atomic E-state index is 0.0950. The van der Waals surface area contributed by atoms with E-state index in [1.165, 1.54) is 35.6 Å². The summed E-state index contributed by atoms with van der Waals surface area (Å²) in [4.78, 5) is 0.475. The lowest BCUT2D eigenvalue weighted by atomic mass is 10.3. The fourth-order valence-electron chi connectivity index (χ4n) is 2.54. The molecule has 0 spiro atoms. The maximum atomic E-state index is 12.7. The Balaban J connectivity index is 2.15. The van der Waals surface area contributed by atoms with Crippen molar-refractivity contribution >= 4 is 43.2 Å². The highest BCUT2D eigenvalue weighted by Crippen LogP contribution is 2.24. The smallest absolute Gasteiger partial charge is 0.285 e. The number of fused-ring (bicyclic) bond motifs is 1. The number of hydrogen-bond acceptors (Lipinski definition) is 5. The average molecular weight is 427 g/mol. The minimum Gasteiger partial charge on any atom is -0.494 e. The van der Waals surface area contributed by atoms with E-state index < -0.39 is 10.0 Å². The van der Waals surface area contributed by atoms with Crippen LogP contribution in [-0.2, 0) is 21.3 Å². The van der Waals surface area contributed by atoms with E-state index in [1.54, 1.807) is 7.11 Å². The second-order valence-electron chi connectivity index (χ2n) is 5.61. The van der Waals surface area contributed by atoms with Crippen LogP contribution in [0.1, 0.15) is 6.92 Å². The standard InChI is InChI=1S/C18H19ClN2O4S2/c1-3-25-14-6-9-16-17(12-14)26-18(21(16)10-11-24-2)20-27(22,23)15-7-4-13(19)5-8-15/h4-9,12H,3,10-11H2,1-2H3/b20-18-. The summed E-state index contributed by atoms with van der Waals surface area (Å²) in [7, 11) is -2.26. The number of halogens is 1. The highest BCUT2D eigenvalue weighted by atomic mass is 35.5. The number of sulfonamides is 1. The molecule has 27 heavy (non-hydrogen) atoms. The first-order chi connectivity index (χ1) is 12.9. The molecule has 3 rings (SSSR count). The summed E-state index contributed by atoms with van der Waals surface area (Å²) in [6, 6.07) is 11.6. The van der Waals surface area contributed by atoms with Gasteiger partial charge in [0.2, 0.25) is 4.80 Å². The molecule has 1 heterocycles. The van der Waals surface area contributed by atoms with Crippen LogP contribution in [0.5, 0.6) is 5.75 Å². The number of benzene rings is 2. The lowest BCUT2D eigenvalue weighted by Crippen LogP contribution is -2.19. The Labute approximate surface area is 166 Å². The Morgan fingerprint density at radius 2 is 1.93 bits per heavy atom. The first kappa shape index (κ1) is 19.9. The van der Waals surface area contributed by atoms with Gasteiger partial charge in [-0.05, 0) is 49.4 Å². The fraction of sp³-hybridized carbons (Fsp3) is 0.278. The van der Waals surface area contributed by atoms with E-state index in [-0.39, 0.29) is 4.90 Å². The first-order valence-electron chi connectivity index (χ1n) is 8.26. The van der Waals surface area contributed by atoms with Crippen LogP contribution in [0, 0.1) is 0 Å². The monoisotopic (exact) mass is 426 g/mol. The molecular weight excluding hydrogens is 408 g/mol. The Kier molecular flexibility index (Phi) is 6.21. The average Bonchev–Trinajstić information content (AvgIpc) is 2.96. The molecule has 3 aromatic rings. The summed E-state index contributed by atoms with van der Waals surface area (Å²) in [6.07, 6.45) is 0. The van der Waals surface area contributed by atoms with Crippen LogP contribution < -0.4 is 9.54 Å². The Morgan fingerprint density at radius 1 is 1.19 bits per heavy atom. The fourth-order valence-corrected chi connectivity index (χ4v) is 4.95. The largest absolute Gasteiger partial charge is 0.494 e. The Hall–Kier alpha value is -1.87. The van der Waals surface area contributed by atoms with E-state index in [0.717, 1.165) is 16.0 Å². The third-order valence-electron chi connectivity index (χ3n) is 3.79. The third-order valence-corrected chi connectivity index (χ3v) is 6.48. The molecule has 0 radical (unpaired) electrons. The van der Waals surface area contributed by atoms with Gasteiger partial charge in [0.25, 0.3) is 10.0 Å². The predicted molar refractivity (Wildman–Crippen MR) is 107 cm³/mol. The maximum absolute atomic E-state index is 12.7. The summed E-state index contributed by atoms with van der Waals surface area (Å²) in [6.45, 7) is 3.40. The van der Waals surface area contributed by atoms with E-state index in [9.17, 15) is 8.42 Å². The molecule has 0 aliphatic heterocycles. The van der Waals surface area contributed by atoms with Crippen LogP contribution in [0.3, 0.4) is 0 Å². The van der Waals surface area contributed by atoms with Crippen LogP contribution in [0.4, 0.5) is 0 Å². The molecule has 144 valence electrons. The lowest BCUT2D eigenvalue weighted by Gasteiger charge is -2.06. The maximum Gasteiger partial charge on any atom is 0.285 e. The second kappa shape index (κ2) is 8.43. The van der Waals surface area contributed by atoms with Crippen molar-refractivity contribution in [3.8, 4) is 5.75 Å². The van der Waals surface area contributed by atoms with Gasteiger partial charge >= 0.3 is 0 Å². The molecule has 0 saturated carbocycles. The van der Waals surface area contributed by atoms with Gasteiger partial charge in [-0.15, -0.1) is 4.40 Å². The molecule has 1 aromatic heterocycles. The quantitative estimate of drug-likeness (QED) is 0.577. The minimum atomic E-state index is -3.86. The second-order valence-corrected chi connectivity index (χ2v) is 8.66. The van der Waals surface area contributed by atoms with E-state index >= 15 is 0 Å². The predicted octanol–water partition coefficient (Wildman–Crippen LogP) is 3.69. The third kappa shape index (κ3) is 4.52. The van der Waals surface area contributed by atoms with Gasteiger partial charge in [-0.25, -0.2) is 0 Å². The van der Waals surface area contributed by atoms with E-state index in [2.05, 4.69) is 4.40 Å². The first-order valence-corrected chi connectivity index (χ1v) is 10.9. The van der Waals surface area contributed by atoms with E-state index in [4.69, 9.17) is 21.1 Å². The molecule has 6 nitrogen and oxygen atoms in total. The molecule has 9 heteroatoms. The molecule has 0 N–H and O–H groups in total. The van der Waals surface area contributed by atoms with E-state index in [0.29, 0.717) is 29.6 Å². The molecule has 0 aliphatic carbocycles. The van der Waals surface area contributed by atoms with Gasteiger partial charge in [0.1, 0.15) is 5.75 Å². The van der Waals surface area contributed by atoms with Crippen LogP contribution in [0.2, 0.25) is 5.02 Å². The van der Waals surface area contributed by atoms with Crippen molar-refractivity contribution in [2.75, 3.05) is 20.3 Å². The molecular formula is C18H19ClN2O4S2. The zero-order valence-corrected chi connectivity index (χ0v) is 17.3. The lowest BCUT2D eigenvalue weighted by molar-refractivity contribution is 0.187. The van der Waals surface area contributed by atoms with Crippen molar-refractivity contribution in [2.45, 2.75) is 18.4 Å². The van der Waals surface area contributed by atoms with Crippen molar-refractivity contribution < 1.29 is 17.9 Å². The number of rotatable bonds is 7. The van der Waals surface area contributed by atoms with Gasteiger partial charge in [-0.1, -0.05) is 22.9 Å². The van der Waals surface area contributed by atoms with Crippen molar-refractivity contribution in [1.29, 1.82) is 0 Å². The molecule has 0 bridgehead atoms. The van der Waals surface area contributed by atoms with Crippen LogP contribution >= 0.6 is 22.9 Å². The summed E-state index contributed by atoms with van der Waals surface area (Å²) < 4.78 is 42.9. The highest BCUT2D eigenvalue weighted by molar-refractivity contribution is 7.90. The number of nitrogens with zero attached hydrogens (tertiary/aromatic N) is 2. The number of methoxy groups -OCH3 is 1. The van der Waals surface area contributed by atoms with Crippen LogP contribution in [0.15, 0.2) is 51.8 Å². The molecule has 0 atom stereocenters. The molecule has 0 aliphatic rings. The van der Waals surface area contributed by atoms with Crippen molar-refractivity contribution in [3.63, 3.8) is 0 Å².